The lowest BCUT2D eigenvalue weighted by Crippen LogP contribution is -2.17. The van der Waals surface area contributed by atoms with Crippen LogP contribution in [-0.4, -0.2) is 16.6 Å². The molecular formula is C8H5F3N2O2. The van der Waals surface area contributed by atoms with Crippen LogP contribution in [0.5, 0.6) is 5.75 Å². The number of H-pyrrole nitrogens is 2. The molecule has 80 valence electrons. The number of alkyl halides is 3. The summed E-state index contributed by atoms with van der Waals surface area (Å²) in [5.41, 5.74) is -0.488. The first-order valence-corrected chi connectivity index (χ1v) is 3.92. The Bertz CT molecular complexity index is 541. The third kappa shape index (κ3) is 1.80. The summed E-state index contributed by atoms with van der Waals surface area (Å²) in [7, 11) is 0. The van der Waals surface area contributed by atoms with Crippen LogP contribution in [0.1, 0.15) is 0 Å². The average molecular weight is 218 g/mol. The standard InChI is InChI=1S/C8H5F3N2O2/c9-8(10,11)15-5-3-1-2-4-6(5)12-13-7(4)14/h1-3H,(H2,12,13,14). The summed E-state index contributed by atoms with van der Waals surface area (Å²) in [6, 6.07) is 3.83. The maximum atomic E-state index is 12.0. The first-order chi connectivity index (χ1) is 6.97. The van der Waals surface area contributed by atoms with Gasteiger partial charge in [0.05, 0.1) is 5.39 Å². The molecule has 0 aliphatic carbocycles. The van der Waals surface area contributed by atoms with Gasteiger partial charge in [-0.25, -0.2) is 0 Å². The Morgan fingerprint density at radius 2 is 1.93 bits per heavy atom. The van der Waals surface area contributed by atoms with E-state index in [4.69, 9.17) is 0 Å². The largest absolute Gasteiger partial charge is 0.573 e. The molecule has 2 N–H and O–H groups in total. The molecule has 0 radical (unpaired) electrons. The van der Waals surface area contributed by atoms with Gasteiger partial charge in [0.2, 0.25) is 0 Å². The average Bonchev–Trinajstić information content (AvgIpc) is 2.47. The fraction of sp³-hybridized carbons (Fsp3) is 0.125. The zero-order valence-corrected chi connectivity index (χ0v) is 7.18. The third-order valence-electron chi connectivity index (χ3n) is 1.80. The molecule has 2 rings (SSSR count). The van der Waals surface area contributed by atoms with Crippen LogP contribution in [-0.2, 0) is 0 Å². The van der Waals surface area contributed by atoms with Crippen molar-refractivity contribution in [3.63, 3.8) is 0 Å². The number of halogens is 3. The maximum Gasteiger partial charge on any atom is 0.573 e. The molecule has 0 bridgehead atoms. The normalized spacial score (nSPS) is 11.9. The minimum Gasteiger partial charge on any atom is -0.403 e. The lowest BCUT2D eigenvalue weighted by molar-refractivity contribution is -0.274. The lowest BCUT2D eigenvalue weighted by atomic mass is 10.2. The Balaban J connectivity index is 2.57. The van der Waals surface area contributed by atoms with Crippen molar-refractivity contribution < 1.29 is 17.9 Å². The van der Waals surface area contributed by atoms with Crippen LogP contribution in [0.25, 0.3) is 10.9 Å². The molecule has 4 nitrogen and oxygen atoms in total. The number of hydrogen-bond donors (Lipinski definition) is 2. The molecule has 0 fully saturated rings. The quantitative estimate of drug-likeness (QED) is 0.766. The van der Waals surface area contributed by atoms with Gasteiger partial charge >= 0.3 is 6.36 Å². The van der Waals surface area contributed by atoms with Crippen LogP contribution < -0.4 is 10.3 Å². The van der Waals surface area contributed by atoms with Crippen LogP contribution in [0.2, 0.25) is 0 Å². The number of benzene rings is 1. The van der Waals surface area contributed by atoms with E-state index in [1.807, 2.05) is 0 Å². The summed E-state index contributed by atoms with van der Waals surface area (Å²) in [5, 5.41) is 4.61. The summed E-state index contributed by atoms with van der Waals surface area (Å²) in [4.78, 5) is 11.1. The lowest BCUT2D eigenvalue weighted by Gasteiger charge is -2.08. The predicted molar refractivity (Wildman–Crippen MR) is 45.6 cm³/mol. The summed E-state index contributed by atoms with van der Waals surface area (Å²) >= 11 is 0. The first-order valence-electron chi connectivity index (χ1n) is 3.92. The third-order valence-corrected chi connectivity index (χ3v) is 1.80. The maximum absolute atomic E-state index is 12.0. The zero-order chi connectivity index (χ0) is 11.1. The van der Waals surface area contributed by atoms with Crippen LogP contribution >= 0.6 is 0 Å². The van der Waals surface area contributed by atoms with Crippen molar-refractivity contribution in [1.82, 2.24) is 10.2 Å². The van der Waals surface area contributed by atoms with Crippen LogP contribution in [0.15, 0.2) is 23.0 Å². The Hall–Kier alpha value is -1.92. The van der Waals surface area contributed by atoms with Crippen molar-refractivity contribution in [3.8, 4) is 5.75 Å². The van der Waals surface area contributed by atoms with Gasteiger partial charge in [0.1, 0.15) is 5.52 Å². The van der Waals surface area contributed by atoms with Crippen molar-refractivity contribution in [2.24, 2.45) is 0 Å². The first kappa shape index (κ1) is 9.63. The van der Waals surface area contributed by atoms with E-state index in [1.54, 1.807) is 0 Å². The molecular weight excluding hydrogens is 213 g/mol. The van der Waals surface area contributed by atoms with Crippen LogP contribution in [0.4, 0.5) is 13.2 Å². The van der Waals surface area contributed by atoms with E-state index >= 15 is 0 Å². The van der Waals surface area contributed by atoms with Gasteiger partial charge in [0, 0.05) is 0 Å². The molecule has 15 heavy (non-hydrogen) atoms. The van der Waals surface area contributed by atoms with E-state index in [0.717, 1.165) is 6.07 Å². The van der Waals surface area contributed by atoms with Gasteiger partial charge in [0.15, 0.2) is 5.75 Å². The fourth-order valence-corrected chi connectivity index (χ4v) is 1.25. The van der Waals surface area contributed by atoms with Gasteiger partial charge in [-0.15, -0.1) is 13.2 Å². The van der Waals surface area contributed by atoms with Crippen molar-refractivity contribution in [3.05, 3.63) is 28.6 Å². The smallest absolute Gasteiger partial charge is 0.403 e. The van der Waals surface area contributed by atoms with E-state index < -0.39 is 17.7 Å². The number of aromatic nitrogens is 2. The molecule has 1 aromatic heterocycles. The number of para-hydroxylation sites is 1. The molecule has 0 aliphatic heterocycles. The summed E-state index contributed by atoms with van der Waals surface area (Å²) in [6.07, 6.45) is -4.78. The zero-order valence-electron chi connectivity index (χ0n) is 7.18. The number of hydrogen-bond acceptors (Lipinski definition) is 2. The van der Waals surface area contributed by atoms with Gasteiger partial charge < -0.3 is 4.74 Å². The SMILES string of the molecule is O=c1[nH][nH]c2c(OC(F)(F)F)cccc12. The molecule has 0 atom stereocenters. The summed E-state index contributed by atoms with van der Waals surface area (Å²) < 4.78 is 39.6. The number of fused-ring (bicyclic) bond motifs is 1. The minimum absolute atomic E-state index is 0.000162. The highest BCUT2D eigenvalue weighted by Crippen LogP contribution is 2.27. The van der Waals surface area contributed by atoms with Gasteiger partial charge in [-0.1, -0.05) is 6.07 Å². The van der Waals surface area contributed by atoms with Crippen molar-refractivity contribution in [1.29, 1.82) is 0 Å². The highest BCUT2D eigenvalue weighted by Gasteiger charge is 2.32. The van der Waals surface area contributed by atoms with Crippen molar-refractivity contribution in [2.75, 3.05) is 0 Å². The van der Waals surface area contributed by atoms with Gasteiger partial charge in [-0.3, -0.25) is 15.0 Å². The second-order valence-electron chi connectivity index (χ2n) is 2.81. The Kier molecular flexibility index (Phi) is 1.95. The Labute approximate surface area is 80.6 Å². The molecule has 2 aromatic rings. The summed E-state index contributed by atoms with van der Waals surface area (Å²) in [6.45, 7) is 0. The molecule has 0 saturated heterocycles. The van der Waals surface area contributed by atoms with Crippen LogP contribution in [0.3, 0.4) is 0 Å². The second-order valence-corrected chi connectivity index (χ2v) is 2.81. The molecule has 0 aliphatic rings. The van der Waals surface area contributed by atoms with E-state index in [2.05, 4.69) is 14.9 Å². The minimum atomic E-state index is -4.78. The molecule has 7 heteroatoms. The molecule has 1 aromatic carbocycles. The molecule has 0 amide bonds. The van der Waals surface area contributed by atoms with E-state index in [9.17, 15) is 18.0 Å². The van der Waals surface area contributed by atoms with Crippen molar-refractivity contribution >= 4 is 10.9 Å². The predicted octanol–water partition coefficient (Wildman–Crippen LogP) is 1.75. The number of ether oxygens (including phenoxy) is 1. The molecule has 1 heterocycles. The highest BCUT2D eigenvalue weighted by atomic mass is 19.4. The topological polar surface area (TPSA) is 57.9 Å². The van der Waals surface area contributed by atoms with E-state index in [1.165, 1.54) is 12.1 Å². The highest BCUT2D eigenvalue weighted by molar-refractivity contribution is 5.83. The van der Waals surface area contributed by atoms with E-state index in [0.29, 0.717) is 0 Å². The number of nitrogens with one attached hydrogen (secondary N) is 2. The van der Waals surface area contributed by atoms with Gasteiger partial charge in [0.25, 0.3) is 5.56 Å². The van der Waals surface area contributed by atoms with Gasteiger partial charge in [-0.05, 0) is 12.1 Å². The Morgan fingerprint density at radius 1 is 1.20 bits per heavy atom. The van der Waals surface area contributed by atoms with E-state index in [-0.39, 0.29) is 10.9 Å². The van der Waals surface area contributed by atoms with Crippen molar-refractivity contribution in [2.45, 2.75) is 6.36 Å². The summed E-state index contributed by atoms with van der Waals surface area (Å²) in [5.74, 6) is -0.432. The number of aromatic amines is 2. The molecule has 0 saturated carbocycles. The molecule has 0 unspecified atom stereocenters. The monoisotopic (exact) mass is 218 g/mol. The Morgan fingerprint density at radius 3 is 2.60 bits per heavy atom. The number of rotatable bonds is 1. The van der Waals surface area contributed by atoms with Gasteiger partial charge in [-0.2, -0.15) is 0 Å². The fourth-order valence-electron chi connectivity index (χ4n) is 1.25. The molecule has 0 spiro atoms. The van der Waals surface area contributed by atoms with Crippen LogP contribution in [0, 0.1) is 0 Å². The second kappa shape index (κ2) is 3.04.